The highest BCUT2D eigenvalue weighted by Gasteiger charge is 2.13. The third kappa shape index (κ3) is 4.95. The van der Waals surface area contributed by atoms with Gasteiger partial charge in [0.15, 0.2) is 0 Å². The number of amides is 1. The van der Waals surface area contributed by atoms with Gasteiger partial charge in [-0.2, -0.15) is 5.26 Å². The second kappa shape index (κ2) is 8.48. The molecule has 0 bridgehead atoms. The zero-order valence-corrected chi connectivity index (χ0v) is 12.4. The molecule has 0 aliphatic carbocycles. The van der Waals surface area contributed by atoms with Crippen molar-refractivity contribution in [3.8, 4) is 6.07 Å². The maximum absolute atomic E-state index is 12.4. The summed E-state index contributed by atoms with van der Waals surface area (Å²) in [5.41, 5.74) is 1.98. The summed E-state index contributed by atoms with van der Waals surface area (Å²) in [5.74, 6) is -0.0112. The number of benzene rings is 2. The lowest BCUT2D eigenvalue weighted by Crippen LogP contribution is -2.35. The molecule has 0 aromatic heterocycles. The van der Waals surface area contributed by atoms with Crippen LogP contribution >= 0.6 is 0 Å². The molecule has 112 valence electrons. The van der Waals surface area contributed by atoms with Gasteiger partial charge < -0.3 is 10.2 Å². The van der Waals surface area contributed by atoms with Crippen molar-refractivity contribution >= 4 is 11.6 Å². The predicted octanol–water partition coefficient (Wildman–Crippen LogP) is 3.04. The minimum Gasteiger partial charge on any atom is -0.376 e. The van der Waals surface area contributed by atoms with Crippen LogP contribution < -0.4 is 5.32 Å². The standard InChI is InChI=1S/C18H19N3O/c19-12-7-13-21(15-16-8-3-1-4-9-16)18(22)14-20-17-10-5-2-6-11-17/h1-6,8-11,20H,7,13-15H2. The monoisotopic (exact) mass is 293 g/mol. The van der Waals surface area contributed by atoms with Crippen molar-refractivity contribution in [2.24, 2.45) is 0 Å². The van der Waals surface area contributed by atoms with Crippen LogP contribution in [0.5, 0.6) is 0 Å². The number of carbonyl (C=O) groups excluding carboxylic acids is 1. The average Bonchev–Trinajstić information content (AvgIpc) is 2.58. The third-order valence-electron chi connectivity index (χ3n) is 3.28. The highest BCUT2D eigenvalue weighted by atomic mass is 16.2. The van der Waals surface area contributed by atoms with Gasteiger partial charge in [0.25, 0.3) is 0 Å². The lowest BCUT2D eigenvalue weighted by atomic mass is 10.2. The SMILES string of the molecule is N#CCCN(Cc1ccccc1)C(=O)CNc1ccccc1. The van der Waals surface area contributed by atoms with Gasteiger partial charge in [0.1, 0.15) is 0 Å². The molecule has 0 aliphatic heterocycles. The fourth-order valence-electron chi connectivity index (χ4n) is 2.13. The van der Waals surface area contributed by atoms with Crippen LogP contribution in [0.2, 0.25) is 0 Å². The lowest BCUT2D eigenvalue weighted by molar-refractivity contribution is -0.129. The van der Waals surface area contributed by atoms with Gasteiger partial charge in [-0.1, -0.05) is 48.5 Å². The van der Waals surface area contributed by atoms with Crippen molar-refractivity contribution < 1.29 is 4.79 Å². The first kappa shape index (κ1) is 15.6. The Balaban J connectivity index is 1.95. The lowest BCUT2D eigenvalue weighted by Gasteiger charge is -2.22. The van der Waals surface area contributed by atoms with Crippen LogP contribution in [0.25, 0.3) is 0 Å². The van der Waals surface area contributed by atoms with E-state index in [2.05, 4.69) is 11.4 Å². The number of nitrogens with zero attached hydrogens (tertiary/aromatic N) is 2. The largest absolute Gasteiger partial charge is 0.376 e. The summed E-state index contributed by atoms with van der Waals surface area (Å²) in [7, 11) is 0. The number of para-hydroxylation sites is 1. The zero-order valence-electron chi connectivity index (χ0n) is 12.4. The first-order valence-electron chi connectivity index (χ1n) is 7.27. The first-order valence-corrected chi connectivity index (χ1v) is 7.27. The molecular formula is C18H19N3O. The Bertz CT molecular complexity index is 620. The summed E-state index contributed by atoms with van der Waals surface area (Å²) < 4.78 is 0. The molecule has 2 rings (SSSR count). The van der Waals surface area contributed by atoms with E-state index in [9.17, 15) is 4.79 Å². The zero-order chi connectivity index (χ0) is 15.6. The van der Waals surface area contributed by atoms with Crippen molar-refractivity contribution in [2.75, 3.05) is 18.4 Å². The molecule has 1 N–H and O–H groups in total. The highest BCUT2D eigenvalue weighted by Crippen LogP contribution is 2.08. The number of nitrogens with one attached hydrogen (secondary N) is 1. The van der Waals surface area contributed by atoms with Gasteiger partial charge >= 0.3 is 0 Å². The molecule has 4 heteroatoms. The van der Waals surface area contributed by atoms with E-state index in [1.165, 1.54) is 0 Å². The van der Waals surface area contributed by atoms with Crippen LogP contribution in [0, 0.1) is 11.3 Å². The van der Waals surface area contributed by atoms with Gasteiger partial charge in [-0.05, 0) is 17.7 Å². The van der Waals surface area contributed by atoms with E-state index >= 15 is 0 Å². The summed E-state index contributed by atoms with van der Waals surface area (Å²) in [6.07, 6.45) is 0.337. The maximum atomic E-state index is 12.4. The number of hydrogen-bond acceptors (Lipinski definition) is 3. The number of rotatable bonds is 7. The Kier molecular flexibility index (Phi) is 6.01. The Morgan fingerprint density at radius 3 is 2.32 bits per heavy atom. The summed E-state index contributed by atoms with van der Waals surface area (Å²) in [5, 5.41) is 11.9. The molecule has 0 saturated heterocycles. The van der Waals surface area contributed by atoms with Crippen molar-refractivity contribution in [3.63, 3.8) is 0 Å². The molecule has 0 fully saturated rings. The van der Waals surface area contributed by atoms with E-state index in [0.717, 1.165) is 11.3 Å². The van der Waals surface area contributed by atoms with E-state index in [1.54, 1.807) is 4.90 Å². The molecule has 0 heterocycles. The molecule has 22 heavy (non-hydrogen) atoms. The molecule has 0 aliphatic rings. The van der Waals surface area contributed by atoms with E-state index in [-0.39, 0.29) is 12.5 Å². The van der Waals surface area contributed by atoms with Gasteiger partial charge in [0, 0.05) is 18.8 Å². The molecule has 0 atom stereocenters. The summed E-state index contributed by atoms with van der Waals surface area (Å²) in [6.45, 7) is 1.20. The van der Waals surface area contributed by atoms with Crippen molar-refractivity contribution in [2.45, 2.75) is 13.0 Å². The van der Waals surface area contributed by atoms with Gasteiger partial charge in [-0.3, -0.25) is 4.79 Å². The van der Waals surface area contributed by atoms with E-state index < -0.39 is 0 Å². The summed E-state index contributed by atoms with van der Waals surface area (Å²) in [6, 6.07) is 21.5. The fourth-order valence-corrected chi connectivity index (χ4v) is 2.13. The number of nitriles is 1. The van der Waals surface area contributed by atoms with Gasteiger partial charge in [0.05, 0.1) is 19.0 Å². The molecule has 0 radical (unpaired) electrons. The topological polar surface area (TPSA) is 56.1 Å². The van der Waals surface area contributed by atoms with Crippen LogP contribution in [0.1, 0.15) is 12.0 Å². The minimum absolute atomic E-state index is 0.0112. The average molecular weight is 293 g/mol. The quantitative estimate of drug-likeness (QED) is 0.853. The van der Waals surface area contributed by atoms with E-state index in [0.29, 0.717) is 19.5 Å². The van der Waals surface area contributed by atoms with Crippen molar-refractivity contribution in [1.29, 1.82) is 5.26 Å². The van der Waals surface area contributed by atoms with Crippen molar-refractivity contribution in [3.05, 3.63) is 66.2 Å². The van der Waals surface area contributed by atoms with Crippen LogP contribution in [0.4, 0.5) is 5.69 Å². The molecule has 0 unspecified atom stereocenters. The number of carbonyl (C=O) groups is 1. The Morgan fingerprint density at radius 1 is 1.05 bits per heavy atom. The Morgan fingerprint density at radius 2 is 1.68 bits per heavy atom. The van der Waals surface area contributed by atoms with Crippen molar-refractivity contribution in [1.82, 2.24) is 4.90 Å². The van der Waals surface area contributed by atoms with E-state index in [4.69, 9.17) is 5.26 Å². The first-order chi connectivity index (χ1) is 10.8. The molecule has 0 spiro atoms. The second-order valence-electron chi connectivity index (χ2n) is 4.93. The third-order valence-corrected chi connectivity index (χ3v) is 3.28. The summed E-state index contributed by atoms with van der Waals surface area (Å²) in [4.78, 5) is 14.1. The maximum Gasteiger partial charge on any atom is 0.242 e. The molecular weight excluding hydrogens is 274 g/mol. The number of hydrogen-bond donors (Lipinski definition) is 1. The number of anilines is 1. The molecule has 4 nitrogen and oxygen atoms in total. The Labute approximate surface area is 131 Å². The normalized spacial score (nSPS) is 9.77. The van der Waals surface area contributed by atoms with Gasteiger partial charge in [0.2, 0.25) is 5.91 Å². The fraction of sp³-hybridized carbons (Fsp3) is 0.222. The molecule has 1 amide bonds. The second-order valence-corrected chi connectivity index (χ2v) is 4.93. The smallest absolute Gasteiger partial charge is 0.242 e. The van der Waals surface area contributed by atoms with Gasteiger partial charge in [-0.15, -0.1) is 0 Å². The minimum atomic E-state index is -0.0112. The van der Waals surface area contributed by atoms with Crippen LogP contribution in [0.3, 0.4) is 0 Å². The van der Waals surface area contributed by atoms with E-state index in [1.807, 2.05) is 60.7 Å². The van der Waals surface area contributed by atoms with Crippen LogP contribution in [0.15, 0.2) is 60.7 Å². The molecule has 2 aromatic rings. The molecule has 2 aromatic carbocycles. The molecule has 0 saturated carbocycles. The highest BCUT2D eigenvalue weighted by molar-refractivity contribution is 5.80. The van der Waals surface area contributed by atoms with Gasteiger partial charge in [-0.25, -0.2) is 0 Å². The van der Waals surface area contributed by atoms with Crippen LogP contribution in [-0.2, 0) is 11.3 Å². The summed E-state index contributed by atoms with van der Waals surface area (Å²) >= 11 is 0. The van der Waals surface area contributed by atoms with Crippen LogP contribution in [-0.4, -0.2) is 23.9 Å². The Hall–Kier alpha value is -2.80. The predicted molar refractivity (Wildman–Crippen MR) is 87.0 cm³/mol.